The van der Waals surface area contributed by atoms with E-state index in [0.717, 1.165) is 18.5 Å². The van der Waals surface area contributed by atoms with E-state index in [0.29, 0.717) is 15.1 Å². The zero-order chi connectivity index (χ0) is 14.0. The number of aliphatic hydroxyl groups is 1. The fourth-order valence-electron chi connectivity index (χ4n) is 2.28. The zero-order valence-corrected chi connectivity index (χ0v) is 13.1. The topological polar surface area (TPSA) is 32.3 Å². The average Bonchev–Trinajstić information content (AvgIpc) is 3.14. The first kappa shape index (κ1) is 15.4. The Morgan fingerprint density at radius 1 is 1.26 bits per heavy atom. The monoisotopic (exact) mass is 321 g/mol. The van der Waals surface area contributed by atoms with Gasteiger partial charge in [-0.15, -0.1) is 0 Å². The quantitative estimate of drug-likeness (QED) is 0.758. The molecule has 2 N–H and O–H groups in total. The van der Waals surface area contributed by atoms with Gasteiger partial charge in [-0.25, -0.2) is 0 Å². The summed E-state index contributed by atoms with van der Waals surface area (Å²) in [6.07, 6.45) is 3.23. The van der Waals surface area contributed by atoms with Gasteiger partial charge < -0.3 is 10.4 Å². The smallest absolute Gasteiger partial charge is 0.0781 e. The second kappa shape index (κ2) is 6.19. The second-order valence-corrected chi connectivity index (χ2v) is 6.50. The maximum absolute atomic E-state index is 9.05. The summed E-state index contributed by atoms with van der Waals surface area (Å²) in [5.41, 5.74) is 1.24. The molecule has 0 heterocycles. The minimum absolute atomic E-state index is 0.110. The van der Waals surface area contributed by atoms with Gasteiger partial charge in [0.15, 0.2) is 0 Å². The van der Waals surface area contributed by atoms with Crippen LogP contribution in [0.2, 0.25) is 15.1 Å². The summed E-state index contributed by atoms with van der Waals surface area (Å²) in [6.45, 7) is 3.20. The molecular weight excluding hydrogens is 305 g/mol. The Kier molecular flexibility index (Phi) is 5.02. The van der Waals surface area contributed by atoms with Crippen LogP contribution in [0.25, 0.3) is 0 Å². The summed E-state index contributed by atoms with van der Waals surface area (Å²) in [5.74, 6) is 0. The van der Waals surface area contributed by atoms with Crippen molar-refractivity contribution in [3.63, 3.8) is 0 Å². The predicted octanol–water partition coefficient (Wildman–Crippen LogP) is 4.46. The normalized spacial score (nSPS) is 18.4. The van der Waals surface area contributed by atoms with Crippen molar-refractivity contribution in [1.82, 2.24) is 5.32 Å². The highest BCUT2D eigenvalue weighted by Crippen LogP contribution is 2.48. The SMILES string of the molecule is CC(NCC1(CCO)CC1)c1ccc(Cl)c(Cl)c1Cl. The van der Waals surface area contributed by atoms with E-state index in [4.69, 9.17) is 39.9 Å². The molecule has 2 rings (SSSR count). The van der Waals surface area contributed by atoms with Crippen LogP contribution in [-0.2, 0) is 0 Å². The number of rotatable bonds is 6. The summed E-state index contributed by atoms with van der Waals surface area (Å²) in [6, 6.07) is 3.78. The van der Waals surface area contributed by atoms with Crippen molar-refractivity contribution in [2.45, 2.75) is 32.2 Å². The van der Waals surface area contributed by atoms with Gasteiger partial charge in [0.05, 0.1) is 15.1 Å². The minimum atomic E-state index is 0.110. The lowest BCUT2D eigenvalue weighted by molar-refractivity contribution is 0.243. The van der Waals surface area contributed by atoms with Crippen LogP contribution >= 0.6 is 34.8 Å². The van der Waals surface area contributed by atoms with Gasteiger partial charge in [-0.2, -0.15) is 0 Å². The molecule has 0 saturated heterocycles. The molecule has 1 saturated carbocycles. The number of hydrogen-bond donors (Lipinski definition) is 2. The zero-order valence-electron chi connectivity index (χ0n) is 10.8. The van der Waals surface area contributed by atoms with Gasteiger partial charge in [0.2, 0.25) is 0 Å². The van der Waals surface area contributed by atoms with Crippen molar-refractivity contribution in [2.75, 3.05) is 13.2 Å². The third-order valence-corrected chi connectivity index (χ3v) is 5.22. The summed E-state index contributed by atoms with van der Waals surface area (Å²) in [4.78, 5) is 0. The van der Waals surface area contributed by atoms with Crippen molar-refractivity contribution in [2.24, 2.45) is 5.41 Å². The van der Waals surface area contributed by atoms with Crippen molar-refractivity contribution in [3.8, 4) is 0 Å². The molecule has 1 aliphatic rings. The molecule has 1 unspecified atom stereocenters. The number of halogens is 3. The van der Waals surface area contributed by atoms with Gasteiger partial charge in [-0.05, 0) is 43.2 Å². The first-order valence-electron chi connectivity index (χ1n) is 6.47. The van der Waals surface area contributed by atoms with Crippen LogP contribution in [0.1, 0.15) is 37.8 Å². The molecule has 1 aromatic carbocycles. The van der Waals surface area contributed by atoms with Gasteiger partial charge in [0, 0.05) is 19.2 Å². The van der Waals surface area contributed by atoms with Crippen LogP contribution in [0.4, 0.5) is 0 Å². The van der Waals surface area contributed by atoms with Gasteiger partial charge in [-0.3, -0.25) is 0 Å². The highest BCUT2D eigenvalue weighted by molar-refractivity contribution is 6.48. The number of aliphatic hydroxyl groups excluding tert-OH is 1. The number of benzene rings is 1. The van der Waals surface area contributed by atoms with Crippen molar-refractivity contribution < 1.29 is 5.11 Å². The molecule has 0 aliphatic heterocycles. The maximum Gasteiger partial charge on any atom is 0.0781 e. The van der Waals surface area contributed by atoms with Crippen LogP contribution in [0.15, 0.2) is 12.1 Å². The van der Waals surface area contributed by atoms with Crippen LogP contribution < -0.4 is 5.32 Å². The lowest BCUT2D eigenvalue weighted by Crippen LogP contribution is -2.27. The molecule has 0 spiro atoms. The summed E-state index contributed by atoms with van der Waals surface area (Å²) in [7, 11) is 0. The van der Waals surface area contributed by atoms with Gasteiger partial charge in [-0.1, -0.05) is 40.9 Å². The molecule has 1 aromatic rings. The van der Waals surface area contributed by atoms with Crippen LogP contribution in [-0.4, -0.2) is 18.3 Å². The fourth-order valence-corrected chi connectivity index (χ4v) is 2.99. The Hall–Kier alpha value is 0.01000. The lowest BCUT2D eigenvalue weighted by atomic mass is 10.0. The molecule has 1 fully saturated rings. The first-order valence-corrected chi connectivity index (χ1v) is 7.60. The molecule has 1 atom stereocenters. The molecule has 0 bridgehead atoms. The van der Waals surface area contributed by atoms with Gasteiger partial charge in [0.25, 0.3) is 0 Å². The Morgan fingerprint density at radius 3 is 2.53 bits per heavy atom. The van der Waals surface area contributed by atoms with Crippen LogP contribution in [0.3, 0.4) is 0 Å². The third-order valence-electron chi connectivity index (χ3n) is 3.91. The molecule has 19 heavy (non-hydrogen) atoms. The molecule has 1 aliphatic carbocycles. The lowest BCUT2D eigenvalue weighted by Gasteiger charge is -2.21. The Morgan fingerprint density at radius 2 is 1.95 bits per heavy atom. The average molecular weight is 323 g/mol. The molecule has 2 nitrogen and oxygen atoms in total. The van der Waals surface area contributed by atoms with Crippen molar-refractivity contribution in [3.05, 3.63) is 32.8 Å². The predicted molar refractivity (Wildman–Crippen MR) is 81.3 cm³/mol. The van der Waals surface area contributed by atoms with E-state index in [9.17, 15) is 0 Å². The summed E-state index contributed by atoms with van der Waals surface area (Å²) >= 11 is 18.2. The summed E-state index contributed by atoms with van der Waals surface area (Å²) < 4.78 is 0. The molecule has 106 valence electrons. The molecule has 0 radical (unpaired) electrons. The van der Waals surface area contributed by atoms with Gasteiger partial charge in [0.1, 0.15) is 0 Å². The van der Waals surface area contributed by atoms with Gasteiger partial charge >= 0.3 is 0 Å². The molecule has 5 heteroatoms. The Bertz CT molecular complexity index is 460. The summed E-state index contributed by atoms with van der Waals surface area (Å²) in [5, 5.41) is 13.9. The van der Waals surface area contributed by atoms with Crippen molar-refractivity contribution >= 4 is 34.8 Å². The van der Waals surface area contributed by atoms with Crippen LogP contribution in [0, 0.1) is 5.41 Å². The van der Waals surface area contributed by atoms with Crippen LogP contribution in [0.5, 0.6) is 0 Å². The van der Waals surface area contributed by atoms with E-state index in [2.05, 4.69) is 12.2 Å². The first-order chi connectivity index (χ1) is 8.99. The largest absolute Gasteiger partial charge is 0.396 e. The highest BCUT2D eigenvalue weighted by atomic mass is 35.5. The Labute approximate surface area is 129 Å². The van der Waals surface area contributed by atoms with Crippen molar-refractivity contribution in [1.29, 1.82) is 0 Å². The Balaban J connectivity index is 2.00. The fraction of sp³-hybridized carbons (Fsp3) is 0.571. The molecule has 0 aromatic heterocycles. The van der Waals surface area contributed by atoms with E-state index >= 15 is 0 Å². The standard InChI is InChI=1S/C14H18Cl3NO/c1-9(18-8-14(4-5-14)6-7-19)10-2-3-11(15)13(17)12(10)16/h2-3,9,18-19H,4-8H2,1H3. The van der Waals surface area contributed by atoms with E-state index in [1.165, 1.54) is 12.8 Å². The maximum atomic E-state index is 9.05. The van der Waals surface area contributed by atoms with E-state index < -0.39 is 0 Å². The molecule has 0 amide bonds. The third kappa shape index (κ3) is 3.56. The number of nitrogens with one attached hydrogen (secondary N) is 1. The van der Waals surface area contributed by atoms with E-state index in [1.54, 1.807) is 6.07 Å². The molecular formula is C14H18Cl3NO. The number of hydrogen-bond acceptors (Lipinski definition) is 2. The van der Waals surface area contributed by atoms with E-state index in [1.807, 2.05) is 6.07 Å². The highest BCUT2D eigenvalue weighted by Gasteiger charge is 2.41. The second-order valence-electron chi connectivity index (χ2n) is 5.34. The van der Waals surface area contributed by atoms with E-state index in [-0.39, 0.29) is 18.1 Å². The minimum Gasteiger partial charge on any atom is -0.396 e.